The van der Waals surface area contributed by atoms with E-state index in [0.717, 1.165) is 5.39 Å². The molecule has 0 aromatic carbocycles. The maximum absolute atomic E-state index is 13.0. The van der Waals surface area contributed by atoms with Crippen molar-refractivity contribution in [2.75, 3.05) is 18.6 Å². The van der Waals surface area contributed by atoms with Crippen LogP contribution >= 0.6 is 11.6 Å². The maximum atomic E-state index is 13.0. The number of ether oxygens (including phenoxy) is 1. The second-order valence-electron chi connectivity index (χ2n) is 6.48. The number of pyridine rings is 2. The molecule has 9 nitrogen and oxygen atoms in total. The summed E-state index contributed by atoms with van der Waals surface area (Å²) in [6, 6.07) is 5.77. The average Bonchev–Trinajstić information content (AvgIpc) is 3.14. The summed E-state index contributed by atoms with van der Waals surface area (Å²) in [4.78, 5) is 49.9. The van der Waals surface area contributed by atoms with Crippen LogP contribution in [0, 0.1) is 0 Å². The fourth-order valence-corrected chi connectivity index (χ4v) is 3.42. The number of nitrogens with one attached hydrogen (secondary N) is 2. The fraction of sp³-hybridized carbons (Fsp3) is 0.211. The molecule has 0 saturated heterocycles. The van der Waals surface area contributed by atoms with Gasteiger partial charge in [0, 0.05) is 18.0 Å². The Kier molecular flexibility index (Phi) is 4.89. The number of rotatable bonds is 4. The van der Waals surface area contributed by atoms with E-state index in [2.05, 4.69) is 25.0 Å². The van der Waals surface area contributed by atoms with E-state index >= 15 is 0 Å². The zero-order chi connectivity index (χ0) is 20.5. The van der Waals surface area contributed by atoms with Crippen LogP contribution in [0.2, 0.25) is 5.15 Å². The Hall–Kier alpha value is -3.46. The van der Waals surface area contributed by atoms with E-state index in [9.17, 15) is 14.4 Å². The zero-order valence-electron chi connectivity index (χ0n) is 15.3. The average molecular weight is 414 g/mol. The number of nitrogens with zero attached hydrogens (tertiary/aromatic N) is 3. The van der Waals surface area contributed by atoms with Crippen molar-refractivity contribution >= 4 is 46.0 Å². The summed E-state index contributed by atoms with van der Waals surface area (Å²) < 4.78 is 4.68. The van der Waals surface area contributed by atoms with Gasteiger partial charge >= 0.3 is 5.97 Å². The highest BCUT2D eigenvalue weighted by Crippen LogP contribution is 2.26. The fourth-order valence-electron chi connectivity index (χ4n) is 3.25. The first-order valence-electron chi connectivity index (χ1n) is 8.73. The van der Waals surface area contributed by atoms with Crippen molar-refractivity contribution in [1.29, 1.82) is 0 Å². The van der Waals surface area contributed by atoms with Crippen molar-refractivity contribution in [2.45, 2.75) is 12.5 Å². The lowest BCUT2D eigenvalue weighted by molar-refractivity contribution is -0.140. The Balaban J connectivity index is 1.59. The topological polar surface area (TPSA) is 117 Å². The van der Waals surface area contributed by atoms with Crippen LogP contribution in [-0.2, 0) is 20.7 Å². The van der Waals surface area contributed by atoms with Gasteiger partial charge in [-0.1, -0.05) is 11.6 Å². The maximum Gasteiger partial charge on any atom is 0.325 e. The van der Waals surface area contributed by atoms with Gasteiger partial charge in [-0.3, -0.25) is 24.3 Å². The molecule has 1 aliphatic rings. The van der Waals surface area contributed by atoms with Crippen molar-refractivity contribution in [3.8, 4) is 0 Å². The summed E-state index contributed by atoms with van der Waals surface area (Å²) in [5.41, 5.74) is 2.05. The molecule has 148 valence electrons. The largest absolute Gasteiger partial charge is 0.468 e. The molecule has 1 unspecified atom stereocenters. The van der Waals surface area contributed by atoms with Gasteiger partial charge in [0.15, 0.2) is 0 Å². The second kappa shape index (κ2) is 7.51. The quantitative estimate of drug-likeness (QED) is 0.494. The molecule has 0 radical (unpaired) electrons. The normalized spacial score (nSPS) is 15.9. The van der Waals surface area contributed by atoms with E-state index in [-0.39, 0.29) is 18.7 Å². The minimum Gasteiger partial charge on any atom is -0.468 e. The number of carbonyl (C=O) groups is 3. The molecule has 1 aliphatic heterocycles. The molecule has 10 heteroatoms. The van der Waals surface area contributed by atoms with Crippen LogP contribution in [0.15, 0.2) is 36.7 Å². The lowest BCUT2D eigenvalue weighted by Gasteiger charge is -2.32. The first kappa shape index (κ1) is 18.9. The van der Waals surface area contributed by atoms with Gasteiger partial charge in [0.25, 0.3) is 11.8 Å². The number of fused-ring (bicyclic) bond motifs is 2. The second-order valence-corrected chi connectivity index (χ2v) is 6.86. The van der Waals surface area contributed by atoms with E-state index < -0.39 is 23.8 Å². The molecule has 29 heavy (non-hydrogen) atoms. The van der Waals surface area contributed by atoms with Gasteiger partial charge in [0.05, 0.1) is 30.2 Å². The number of amides is 2. The molecule has 1 atom stereocenters. The van der Waals surface area contributed by atoms with Crippen molar-refractivity contribution in [2.24, 2.45) is 0 Å². The van der Waals surface area contributed by atoms with E-state index in [1.165, 1.54) is 18.2 Å². The van der Waals surface area contributed by atoms with Gasteiger partial charge in [0.1, 0.15) is 23.4 Å². The summed E-state index contributed by atoms with van der Waals surface area (Å²) in [6.07, 6.45) is 3.34. The van der Waals surface area contributed by atoms with Crippen LogP contribution in [0.1, 0.15) is 16.2 Å². The molecule has 0 saturated carbocycles. The summed E-state index contributed by atoms with van der Waals surface area (Å²) in [5.74, 6) is -1.45. The van der Waals surface area contributed by atoms with Gasteiger partial charge < -0.3 is 15.0 Å². The summed E-state index contributed by atoms with van der Waals surface area (Å²) >= 11 is 5.88. The number of hydrogen-bond donors (Lipinski definition) is 2. The highest BCUT2D eigenvalue weighted by molar-refractivity contribution is 6.30. The van der Waals surface area contributed by atoms with E-state index in [4.69, 9.17) is 11.6 Å². The van der Waals surface area contributed by atoms with Crippen LogP contribution in [0.5, 0.6) is 0 Å². The predicted octanol–water partition coefficient (Wildman–Crippen LogP) is 1.47. The van der Waals surface area contributed by atoms with E-state index in [1.807, 2.05) is 0 Å². The minimum absolute atomic E-state index is 0.214. The predicted molar refractivity (Wildman–Crippen MR) is 105 cm³/mol. The smallest absolute Gasteiger partial charge is 0.325 e. The molecule has 0 spiro atoms. The highest BCUT2D eigenvalue weighted by atomic mass is 35.5. The lowest BCUT2D eigenvalue weighted by atomic mass is 10.0. The number of methoxy groups -OCH3 is 1. The van der Waals surface area contributed by atoms with Crippen LogP contribution in [0.3, 0.4) is 0 Å². The van der Waals surface area contributed by atoms with Gasteiger partial charge in [-0.15, -0.1) is 0 Å². The number of esters is 1. The Bertz CT molecular complexity index is 1130. The van der Waals surface area contributed by atoms with Gasteiger partial charge in [-0.25, -0.2) is 4.98 Å². The molecule has 0 bridgehead atoms. The molecule has 3 aromatic rings. The lowest BCUT2D eigenvalue weighted by Crippen LogP contribution is -2.54. The molecule has 2 amide bonds. The number of H-pyrrole nitrogens is 1. The summed E-state index contributed by atoms with van der Waals surface area (Å²) in [5, 5.41) is 3.75. The van der Waals surface area contributed by atoms with Gasteiger partial charge in [-0.05, 0) is 24.3 Å². The summed E-state index contributed by atoms with van der Waals surface area (Å²) in [7, 11) is 1.25. The number of anilines is 1. The molecular weight excluding hydrogens is 398 g/mol. The number of hydrogen-bond acceptors (Lipinski definition) is 6. The van der Waals surface area contributed by atoms with Crippen LogP contribution < -0.4 is 10.2 Å². The monoisotopic (exact) mass is 413 g/mol. The van der Waals surface area contributed by atoms with Crippen LogP contribution in [-0.4, -0.2) is 52.4 Å². The molecule has 3 aromatic heterocycles. The Morgan fingerprint density at radius 1 is 1.38 bits per heavy atom. The standard InChI is InChI=1S/C19H16ClN5O4/c1-29-17(26)9-25-15-3-2-4-21-11(15)7-13(19(25)28)24-18(27)12-5-10-6-16(20)22-8-14(10)23-12/h2-6,8,13,23H,7,9H2,1H3,(H,24,27). The van der Waals surface area contributed by atoms with Crippen molar-refractivity contribution in [3.63, 3.8) is 0 Å². The highest BCUT2D eigenvalue weighted by Gasteiger charge is 2.36. The SMILES string of the molecule is COC(=O)CN1C(=O)C(NC(=O)c2cc3cc(Cl)ncc3[nH]2)Cc2ncccc21. The zero-order valence-corrected chi connectivity index (χ0v) is 16.1. The minimum atomic E-state index is -0.873. The molecule has 4 rings (SSSR count). The number of aromatic amines is 1. The van der Waals surface area contributed by atoms with Crippen LogP contribution in [0.4, 0.5) is 5.69 Å². The number of halogens is 1. The number of carbonyl (C=O) groups excluding carboxylic acids is 3. The van der Waals surface area contributed by atoms with Crippen LogP contribution in [0.25, 0.3) is 10.9 Å². The molecule has 4 heterocycles. The summed E-state index contributed by atoms with van der Waals surface area (Å²) in [6.45, 7) is -0.267. The van der Waals surface area contributed by atoms with Gasteiger partial charge in [0.2, 0.25) is 0 Å². The third kappa shape index (κ3) is 3.64. The van der Waals surface area contributed by atoms with Crippen molar-refractivity contribution in [1.82, 2.24) is 20.3 Å². The first-order valence-corrected chi connectivity index (χ1v) is 9.11. The van der Waals surface area contributed by atoms with Gasteiger partial charge in [-0.2, -0.15) is 0 Å². The van der Waals surface area contributed by atoms with Crippen molar-refractivity contribution in [3.05, 3.63) is 53.2 Å². The molecule has 2 N–H and O–H groups in total. The Morgan fingerprint density at radius 2 is 2.21 bits per heavy atom. The number of aromatic nitrogens is 3. The third-order valence-corrected chi connectivity index (χ3v) is 4.86. The molecule has 0 fully saturated rings. The molecular formula is C19H16ClN5O4. The van der Waals surface area contributed by atoms with Crippen molar-refractivity contribution < 1.29 is 19.1 Å². The third-order valence-electron chi connectivity index (χ3n) is 4.66. The Labute approximate surface area is 170 Å². The van der Waals surface area contributed by atoms with E-state index in [0.29, 0.717) is 22.1 Å². The first-order chi connectivity index (χ1) is 14.0. The Morgan fingerprint density at radius 3 is 3.00 bits per heavy atom. The molecule has 0 aliphatic carbocycles. The van der Waals surface area contributed by atoms with E-state index in [1.54, 1.807) is 30.5 Å².